The zero-order valence-corrected chi connectivity index (χ0v) is 21.5. The van der Waals surface area contributed by atoms with Crippen LogP contribution in [0.3, 0.4) is 0 Å². The smallest absolute Gasteiger partial charge is 0.174 e. The third kappa shape index (κ3) is 4.13. The van der Waals surface area contributed by atoms with Crippen LogP contribution in [0.1, 0.15) is 29.2 Å². The Kier molecular flexibility index (Phi) is 6.52. The van der Waals surface area contributed by atoms with E-state index in [1.807, 2.05) is 48.5 Å². The Labute approximate surface area is 216 Å². The average Bonchev–Trinajstić information content (AvgIpc) is 3.47. The number of aromatic nitrogens is 2. The van der Waals surface area contributed by atoms with Crippen LogP contribution in [0.25, 0.3) is 5.69 Å². The molecule has 1 fully saturated rings. The second kappa shape index (κ2) is 9.91. The van der Waals surface area contributed by atoms with Crippen molar-refractivity contribution in [2.24, 2.45) is 0 Å². The molecule has 5 rings (SSSR count). The van der Waals surface area contributed by atoms with Gasteiger partial charge in [-0.3, -0.25) is 4.98 Å². The van der Waals surface area contributed by atoms with Crippen LogP contribution in [0.2, 0.25) is 0 Å². The van der Waals surface area contributed by atoms with E-state index in [1.54, 1.807) is 27.5 Å². The van der Waals surface area contributed by atoms with Gasteiger partial charge in [0.2, 0.25) is 0 Å². The largest absolute Gasteiger partial charge is 0.497 e. The Balaban J connectivity index is 1.71. The number of aryl methyl sites for hydroxylation is 1. The number of nitrogens with zero attached hydrogens (tertiary/aromatic N) is 3. The van der Waals surface area contributed by atoms with Crippen molar-refractivity contribution in [1.82, 2.24) is 14.9 Å². The normalized spacial score (nSPS) is 17.1. The van der Waals surface area contributed by atoms with Gasteiger partial charge in [0.1, 0.15) is 23.3 Å². The highest BCUT2D eigenvalue weighted by atomic mass is 32.1. The SMILES string of the molecule is COc1ccc(-n2c(C)ccc2C2C(c3ccccn3)NC(=S)N2c2cc(OC)ccc2OC)cc1. The summed E-state index contributed by atoms with van der Waals surface area (Å²) in [5.41, 5.74) is 4.91. The first kappa shape index (κ1) is 23.7. The van der Waals surface area contributed by atoms with Crippen molar-refractivity contribution in [3.05, 3.63) is 96.1 Å². The fourth-order valence-corrected chi connectivity index (χ4v) is 5.11. The maximum Gasteiger partial charge on any atom is 0.174 e. The van der Waals surface area contributed by atoms with Crippen molar-refractivity contribution in [3.63, 3.8) is 0 Å². The van der Waals surface area contributed by atoms with E-state index in [1.165, 1.54) is 0 Å². The third-order valence-corrected chi connectivity index (χ3v) is 6.80. The molecule has 3 heterocycles. The van der Waals surface area contributed by atoms with Gasteiger partial charge in [0.05, 0.1) is 38.8 Å². The maximum absolute atomic E-state index is 5.93. The van der Waals surface area contributed by atoms with Gasteiger partial charge < -0.3 is 29.0 Å². The van der Waals surface area contributed by atoms with Crippen LogP contribution in [0, 0.1) is 6.92 Å². The van der Waals surface area contributed by atoms with Crippen molar-refractivity contribution in [1.29, 1.82) is 0 Å². The molecule has 1 aliphatic heterocycles. The van der Waals surface area contributed by atoms with E-state index in [-0.39, 0.29) is 12.1 Å². The third-order valence-electron chi connectivity index (χ3n) is 6.48. The summed E-state index contributed by atoms with van der Waals surface area (Å²) in [4.78, 5) is 6.78. The zero-order chi connectivity index (χ0) is 25.2. The van der Waals surface area contributed by atoms with Gasteiger partial charge in [-0.2, -0.15) is 0 Å². The van der Waals surface area contributed by atoms with Crippen LogP contribution >= 0.6 is 12.2 Å². The molecule has 0 aliphatic carbocycles. The van der Waals surface area contributed by atoms with Crippen LogP contribution in [0.4, 0.5) is 5.69 Å². The number of thiocarbonyl (C=S) groups is 1. The molecule has 2 unspecified atom stereocenters. The molecule has 184 valence electrons. The number of hydrogen-bond donors (Lipinski definition) is 1. The van der Waals surface area contributed by atoms with E-state index in [9.17, 15) is 0 Å². The molecule has 0 radical (unpaired) electrons. The predicted molar refractivity (Wildman–Crippen MR) is 145 cm³/mol. The first-order chi connectivity index (χ1) is 17.5. The summed E-state index contributed by atoms with van der Waals surface area (Å²) in [5.74, 6) is 2.23. The molecule has 8 heteroatoms. The number of ether oxygens (including phenoxy) is 3. The number of methoxy groups -OCH3 is 3. The summed E-state index contributed by atoms with van der Waals surface area (Å²) in [6.45, 7) is 2.10. The van der Waals surface area contributed by atoms with Crippen LogP contribution in [-0.4, -0.2) is 36.0 Å². The Hall–Kier alpha value is -4.04. The maximum atomic E-state index is 5.93. The van der Waals surface area contributed by atoms with Gasteiger partial charge in [-0.25, -0.2) is 0 Å². The van der Waals surface area contributed by atoms with Crippen LogP contribution < -0.4 is 24.4 Å². The summed E-state index contributed by atoms with van der Waals surface area (Å²) in [7, 11) is 4.98. The standard InChI is InChI=1S/C28H28N4O3S/c1-18-8-14-23(31(18)19-9-11-20(33-2)12-10-19)27-26(22-7-5-6-16-29-22)30-28(36)32(27)24-17-21(34-3)13-15-25(24)35-4/h5-17,26-27H,1-4H3,(H,30,36). The zero-order valence-electron chi connectivity index (χ0n) is 20.6. The number of benzene rings is 2. The van der Waals surface area contributed by atoms with E-state index in [0.717, 1.165) is 40.0 Å². The molecule has 2 aromatic heterocycles. The Morgan fingerprint density at radius 1 is 0.861 bits per heavy atom. The minimum atomic E-state index is -0.218. The Bertz CT molecular complexity index is 1370. The summed E-state index contributed by atoms with van der Waals surface area (Å²) >= 11 is 5.93. The van der Waals surface area contributed by atoms with E-state index in [0.29, 0.717) is 10.9 Å². The number of pyridine rings is 1. The summed E-state index contributed by atoms with van der Waals surface area (Å²) < 4.78 is 18.9. The van der Waals surface area contributed by atoms with Gasteiger partial charge in [0, 0.05) is 29.3 Å². The van der Waals surface area contributed by atoms with Crippen molar-refractivity contribution >= 4 is 23.0 Å². The fourth-order valence-electron chi connectivity index (χ4n) is 4.77. The monoisotopic (exact) mass is 500 g/mol. The van der Waals surface area contributed by atoms with Gasteiger partial charge in [-0.15, -0.1) is 0 Å². The van der Waals surface area contributed by atoms with Gasteiger partial charge in [0.25, 0.3) is 0 Å². The first-order valence-electron chi connectivity index (χ1n) is 11.6. The first-order valence-corrected chi connectivity index (χ1v) is 12.0. The number of nitrogens with one attached hydrogen (secondary N) is 1. The fraction of sp³-hybridized carbons (Fsp3) is 0.214. The molecule has 0 saturated carbocycles. The molecule has 0 spiro atoms. The lowest BCUT2D eigenvalue weighted by Gasteiger charge is -2.30. The molecule has 36 heavy (non-hydrogen) atoms. The summed E-state index contributed by atoms with van der Waals surface area (Å²) in [5, 5.41) is 4.11. The summed E-state index contributed by atoms with van der Waals surface area (Å²) in [6, 6.07) is 23.6. The number of rotatable bonds is 7. The number of anilines is 1. The molecule has 4 aromatic rings. The topological polar surface area (TPSA) is 60.8 Å². The van der Waals surface area contributed by atoms with Gasteiger partial charge in [0.15, 0.2) is 5.11 Å². The number of hydrogen-bond acceptors (Lipinski definition) is 5. The molecule has 1 N–H and O–H groups in total. The molecule has 2 atom stereocenters. The molecule has 0 amide bonds. The van der Waals surface area contributed by atoms with Crippen molar-refractivity contribution in [2.75, 3.05) is 26.2 Å². The van der Waals surface area contributed by atoms with Crippen molar-refractivity contribution in [3.8, 4) is 22.9 Å². The van der Waals surface area contributed by atoms with Crippen molar-refractivity contribution in [2.45, 2.75) is 19.0 Å². The van der Waals surface area contributed by atoms with Crippen molar-refractivity contribution < 1.29 is 14.2 Å². The lowest BCUT2D eigenvalue weighted by atomic mass is 10.0. The second-order valence-corrected chi connectivity index (χ2v) is 8.85. The molecule has 1 aliphatic rings. The minimum Gasteiger partial charge on any atom is -0.497 e. The van der Waals surface area contributed by atoms with Gasteiger partial charge in [-0.05, 0) is 79.8 Å². The average molecular weight is 501 g/mol. The van der Waals surface area contributed by atoms with Gasteiger partial charge >= 0.3 is 0 Å². The quantitative estimate of drug-likeness (QED) is 0.342. The molecular formula is C28H28N4O3S. The minimum absolute atomic E-state index is 0.194. The van der Waals surface area contributed by atoms with E-state index >= 15 is 0 Å². The second-order valence-electron chi connectivity index (χ2n) is 8.47. The van der Waals surface area contributed by atoms with Crippen LogP contribution in [-0.2, 0) is 0 Å². The Morgan fingerprint density at radius 3 is 2.28 bits per heavy atom. The van der Waals surface area contributed by atoms with Crippen LogP contribution in [0.5, 0.6) is 17.2 Å². The summed E-state index contributed by atoms with van der Waals surface area (Å²) in [6.07, 6.45) is 1.81. The highest BCUT2D eigenvalue weighted by molar-refractivity contribution is 7.80. The highest BCUT2D eigenvalue weighted by Gasteiger charge is 2.43. The Morgan fingerprint density at radius 2 is 1.61 bits per heavy atom. The highest BCUT2D eigenvalue weighted by Crippen LogP contribution is 2.46. The van der Waals surface area contributed by atoms with E-state index in [2.05, 4.69) is 51.0 Å². The molecule has 0 bridgehead atoms. The molecule has 2 aromatic carbocycles. The molecular weight excluding hydrogens is 472 g/mol. The van der Waals surface area contributed by atoms with E-state index in [4.69, 9.17) is 26.4 Å². The lowest BCUT2D eigenvalue weighted by molar-refractivity contribution is 0.402. The molecule has 7 nitrogen and oxygen atoms in total. The van der Waals surface area contributed by atoms with Gasteiger partial charge in [-0.1, -0.05) is 6.07 Å². The predicted octanol–water partition coefficient (Wildman–Crippen LogP) is 5.38. The molecule has 1 saturated heterocycles. The van der Waals surface area contributed by atoms with Crippen LogP contribution in [0.15, 0.2) is 79.0 Å². The lowest BCUT2D eigenvalue weighted by Crippen LogP contribution is -2.30. The van der Waals surface area contributed by atoms with E-state index < -0.39 is 0 Å².